The number of amides is 4. The van der Waals surface area contributed by atoms with Gasteiger partial charge in [-0.2, -0.15) is 0 Å². The summed E-state index contributed by atoms with van der Waals surface area (Å²) in [5, 5.41) is 21.6. The van der Waals surface area contributed by atoms with Crippen LogP contribution < -0.4 is 21.3 Å². The number of nitrogens with one attached hydrogen (secondary N) is 4. The Labute approximate surface area is 235 Å². The number of para-hydroxylation sites is 2. The van der Waals surface area contributed by atoms with Crippen LogP contribution in [-0.2, 0) is 14.3 Å². The average molecular weight is 569 g/mol. The third-order valence-electron chi connectivity index (χ3n) is 5.31. The molecule has 12 nitrogen and oxygen atoms in total. The van der Waals surface area contributed by atoms with E-state index in [1.165, 1.54) is 11.3 Å². The number of hydrogen-bond acceptors (Lipinski definition) is 8. The van der Waals surface area contributed by atoms with Crippen LogP contribution in [0.2, 0.25) is 0 Å². The van der Waals surface area contributed by atoms with Crippen molar-refractivity contribution in [1.29, 1.82) is 0 Å². The van der Waals surface area contributed by atoms with Crippen LogP contribution >= 0.6 is 11.3 Å². The molecule has 13 heteroatoms. The molecular formula is C27H32N6O6S. The van der Waals surface area contributed by atoms with E-state index in [2.05, 4.69) is 31.2 Å². The van der Waals surface area contributed by atoms with E-state index in [9.17, 15) is 24.3 Å². The normalized spacial score (nSPS) is 11.7. The van der Waals surface area contributed by atoms with Crippen LogP contribution in [-0.4, -0.2) is 50.7 Å². The van der Waals surface area contributed by atoms with Crippen LogP contribution in [0.5, 0.6) is 0 Å². The standard InChI is InChI=1S/C27H32N6O6S/c1-27(2,3)39-26(38)32-19-9-5-4-8-18(19)29-22(34)11-7-6-10-20(31-25(36)37)23(35)33-24-30-21(16-40-24)17-12-14-28-15-13-17/h4-5,8-9,12-16,20,31H,6-7,10-11H2,1-3H3,(H,29,34)(H,32,38)(H,36,37)(H,30,33,35). The topological polar surface area (TPSA) is 172 Å². The first-order chi connectivity index (χ1) is 19.0. The molecule has 0 saturated heterocycles. The third-order valence-corrected chi connectivity index (χ3v) is 6.07. The van der Waals surface area contributed by atoms with E-state index in [4.69, 9.17) is 4.74 Å². The molecule has 0 fully saturated rings. The Morgan fingerprint density at radius 1 is 0.975 bits per heavy atom. The predicted molar refractivity (Wildman–Crippen MR) is 152 cm³/mol. The fourth-order valence-corrected chi connectivity index (χ4v) is 4.28. The molecular weight excluding hydrogens is 536 g/mol. The molecule has 2 aromatic heterocycles. The molecule has 0 aliphatic heterocycles. The van der Waals surface area contributed by atoms with Gasteiger partial charge in [0.05, 0.1) is 17.1 Å². The second kappa shape index (κ2) is 14.0. The minimum absolute atomic E-state index is 0.129. The Kier molecular flexibility index (Phi) is 10.5. The van der Waals surface area contributed by atoms with Gasteiger partial charge in [0, 0.05) is 29.8 Å². The van der Waals surface area contributed by atoms with Gasteiger partial charge in [0.15, 0.2) is 5.13 Å². The largest absolute Gasteiger partial charge is 0.465 e. The second-order valence-corrected chi connectivity index (χ2v) is 10.6. The van der Waals surface area contributed by atoms with Gasteiger partial charge >= 0.3 is 12.2 Å². The van der Waals surface area contributed by atoms with Crippen LogP contribution in [0.4, 0.5) is 26.1 Å². The van der Waals surface area contributed by atoms with Crippen molar-refractivity contribution in [2.45, 2.75) is 58.1 Å². The van der Waals surface area contributed by atoms with Crippen molar-refractivity contribution >= 4 is 51.8 Å². The van der Waals surface area contributed by atoms with E-state index in [0.29, 0.717) is 35.0 Å². The fourth-order valence-electron chi connectivity index (χ4n) is 3.56. The maximum atomic E-state index is 12.8. The van der Waals surface area contributed by atoms with Crippen molar-refractivity contribution in [3.63, 3.8) is 0 Å². The molecule has 0 aliphatic carbocycles. The Morgan fingerprint density at radius 3 is 2.30 bits per heavy atom. The predicted octanol–water partition coefficient (Wildman–Crippen LogP) is 5.33. The number of pyridine rings is 1. The number of anilines is 3. The highest BCUT2D eigenvalue weighted by molar-refractivity contribution is 7.14. The summed E-state index contributed by atoms with van der Waals surface area (Å²) < 4.78 is 5.26. The van der Waals surface area contributed by atoms with E-state index in [1.807, 2.05) is 0 Å². The molecule has 1 aromatic carbocycles. The first-order valence-electron chi connectivity index (χ1n) is 12.6. The van der Waals surface area contributed by atoms with E-state index < -0.39 is 29.7 Å². The number of thiazole rings is 1. The Balaban J connectivity index is 1.49. The summed E-state index contributed by atoms with van der Waals surface area (Å²) in [7, 11) is 0. The number of rotatable bonds is 11. The Morgan fingerprint density at radius 2 is 1.65 bits per heavy atom. The highest BCUT2D eigenvalue weighted by Gasteiger charge is 2.22. The van der Waals surface area contributed by atoms with Crippen molar-refractivity contribution < 1.29 is 29.0 Å². The number of carbonyl (C=O) groups excluding carboxylic acids is 3. The molecule has 0 bridgehead atoms. The number of benzene rings is 1. The lowest BCUT2D eigenvalue weighted by Crippen LogP contribution is -2.43. The summed E-state index contributed by atoms with van der Waals surface area (Å²) in [5.74, 6) is -0.832. The first-order valence-corrected chi connectivity index (χ1v) is 13.4. The number of carboxylic acid groups (broad SMARTS) is 1. The average Bonchev–Trinajstić information content (AvgIpc) is 3.34. The highest BCUT2D eigenvalue weighted by Crippen LogP contribution is 2.25. The summed E-state index contributed by atoms with van der Waals surface area (Å²) in [4.78, 5) is 57.1. The lowest BCUT2D eigenvalue weighted by Gasteiger charge is -2.20. The molecule has 3 aromatic rings. The van der Waals surface area contributed by atoms with Gasteiger partial charge in [-0.25, -0.2) is 14.6 Å². The van der Waals surface area contributed by atoms with Gasteiger partial charge in [0.25, 0.3) is 0 Å². The van der Waals surface area contributed by atoms with Gasteiger partial charge in [-0.05, 0) is 57.9 Å². The summed E-state index contributed by atoms with van der Waals surface area (Å²) >= 11 is 1.22. The van der Waals surface area contributed by atoms with E-state index >= 15 is 0 Å². The number of carbonyl (C=O) groups is 4. The zero-order valence-electron chi connectivity index (χ0n) is 22.4. The van der Waals surface area contributed by atoms with Crippen LogP contribution in [0.25, 0.3) is 11.3 Å². The molecule has 0 saturated carbocycles. The number of nitrogens with zero attached hydrogens (tertiary/aromatic N) is 2. The van der Waals surface area contributed by atoms with Crippen LogP contribution in [0, 0.1) is 0 Å². The molecule has 212 valence electrons. The number of unbranched alkanes of at least 4 members (excludes halogenated alkanes) is 1. The molecule has 3 rings (SSSR count). The molecule has 0 aliphatic rings. The number of hydrogen-bond donors (Lipinski definition) is 5. The Bertz CT molecular complexity index is 1320. The number of ether oxygens (including phenoxy) is 1. The molecule has 4 amide bonds. The second-order valence-electron chi connectivity index (χ2n) is 9.73. The summed E-state index contributed by atoms with van der Waals surface area (Å²) in [6.07, 6.45) is 2.43. The maximum absolute atomic E-state index is 12.8. The minimum Gasteiger partial charge on any atom is -0.465 e. The molecule has 1 unspecified atom stereocenters. The van der Waals surface area contributed by atoms with Gasteiger partial charge in [-0.3, -0.25) is 19.9 Å². The van der Waals surface area contributed by atoms with Gasteiger partial charge < -0.3 is 25.8 Å². The van der Waals surface area contributed by atoms with E-state index in [0.717, 1.165) is 5.56 Å². The van der Waals surface area contributed by atoms with Gasteiger partial charge in [0.2, 0.25) is 11.8 Å². The van der Waals surface area contributed by atoms with Crippen molar-refractivity contribution in [2.24, 2.45) is 0 Å². The maximum Gasteiger partial charge on any atom is 0.412 e. The summed E-state index contributed by atoms with van der Waals surface area (Å²) in [6.45, 7) is 5.25. The quantitative estimate of drug-likeness (QED) is 0.193. The van der Waals surface area contributed by atoms with Crippen molar-refractivity contribution in [2.75, 3.05) is 16.0 Å². The minimum atomic E-state index is -1.33. The van der Waals surface area contributed by atoms with Gasteiger partial charge in [0.1, 0.15) is 11.6 Å². The first kappa shape index (κ1) is 30.0. The van der Waals surface area contributed by atoms with Crippen molar-refractivity contribution in [1.82, 2.24) is 15.3 Å². The summed E-state index contributed by atoms with van der Waals surface area (Å²) in [6, 6.07) is 9.30. The van der Waals surface area contributed by atoms with E-state index in [1.54, 1.807) is 74.9 Å². The van der Waals surface area contributed by atoms with Crippen molar-refractivity contribution in [3.05, 3.63) is 54.2 Å². The smallest absolute Gasteiger partial charge is 0.412 e. The monoisotopic (exact) mass is 568 g/mol. The van der Waals surface area contributed by atoms with E-state index in [-0.39, 0.29) is 18.7 Å². The van der Waals surface area contributed by atoms with Crippen LogP contribution in [0.3, 0.4) is 0 Å². The molecule has 0 spiro atoms. The summed E-state index contributed by atoms with van der Waals surface area (Å²) in [5.41, 5.74) is 1.64. The third kappa shape index (κ3) is 9.98. The van der Waals surface area contributed by atoms with Crippen molar-refractivity contribution in [3.8, 4) is 11.3 Å². The Hall–Kier alpha value is -4.52. The highest BCUT2D eigenvalue weighted by atomic mass is 32.1. The molecule has 1 atom stereocenters. The van der Waals surface area contributed by atoms with Gasteiger partial charge in [-0.1, -0.05) is 18.6 Å². The molecule has 40 heavy (non-hydrogen) atoms. The van der Waals surface area contributed by atoms with Crippen LogP contribution in [0.1, 0.15) is 46.5 Å². The molecule has 0 radical (unpaired) electrons. The van der Waals surface area contributed by atoms with Gasteiger partial charge in [-0.15, -0.1) is 11.3 Å². The lowest BCUT2D eigenvalue weighted by atomic mass is 10.1. The fraction of sp³-hybridized carbons (Fsp3) is 0.333. The van der Waals surface area contributed by atoms with Crippen LogP contribution in [0.15, 0.2) is 54.2 Å². The lowest BCUT2D eigenvalue weighted by molar-refractivity contribution is -0.118. The molecule has 2 heterocycles. The SMILES string of the molecule is CC(C)(C)OC(=O)Nc1ccccc1NC(=O)CCCCC(NC(=O)O)C(=O)Nc1nc(-c2ccncc2)cs1. The zero-order valence-corrected chi connectivity index (χ0v) is 23.2. The molecule has 5 N–H and O–H groups in total. The zero-order chi connectivity index (χ0) is 29.1. The number of aromatic nitrogens is 2.